The summed E-state index contributed by atoms with van der Waals surface area (Å²) < 4.78 is 34.3. The van der Waals surface area contributed by atoms with Crippen molar-refractivity contribution in [2.45, 2.75) is 213 Å². The van der Waals surface area contributed by atoms with Crippen molar-refractivity contribution in [2.75, 3.05) is 47.5 Å². The second-order valence-electron chi connectivity index (χ2n) is 16.8. The molecule has 0 aliphatic heterocycles. The average Bonchev–Trinajstić information content (AvgIpc) is 3.15. The van der Waals surface area contributed by atoms with E-state index in [-0.39, 0.29) is 25.6 Å². The summed E-state index contributed by atoms with van der Waals surface area (Å²) in [6.07, 6.45) is 42.2. The summed E-state index contributed by atoms with van der Waals surface area (Å²) >= 11 is 0. The number of allylic oxidation sites excluding steroid dienone is 4. The molecule has 10 heteroatoms. The Hall–Kier alpha value is -1.51. The number of rotatable bonds is 42. The van der Waals surface area contributed by atoms with Crippen molar-refractivity contribution in [1.29, 1.82) is 0 Å². The number of likely N-dealkylation sites (N-methyl/N-ethyl adjacent to an activating group) is 1. The molecule has 1 N–H and O–H groups in total. The molecule has 0 saturated carbocycles. The molecule has 1 unspecified atom stereocenters. The highest BCUT2D eigenvalue weighted by Gasteiger charge is 2.27. The van der Waals surface area contributed by atoms with Gasteiger partial charge in [-0.15, -0.1) is 0 Å². The first-order valence-corrected chi connectivity index (χ1v) is 24.6. The highest BCUT2D eigenvalue weighted by Crippen LogP contribution is 2.43. The lowest BCUT2D eigenvalue weighted by Crippen LogP contribution is -2.37. The molecular weight excluding hydrogens is 725 g/mol. The van der Waals surface area contributed by atoms with Crippen LogP contribution in [0.15, 0.2) is 24.3 Å². The number of hydrogen-bond acceptors (Lipinski definition) is 7. The second kappa shape index (κ2) is 39.0. The fraction of sp³-hybridized carbons (Fsp3) is 0.870. The molecule has 0 rings (SSSR count). The average molecular weight is 815 g/mol. The van der Waals surface area contributed by atoms with Gasteiger partial charge in [-0.1, -0.05) is 173 Å². The molecule has 0 aliphatic carbocycles. The number of quaternary nitrogens is 1. The Labute approximate surface area is 345 Å². The van der Waals surface area contributed by atoms with Crippen LogP contribution in [-0.2, 0) is 32.7 Å². The third-order valence-corrected chi connectivity index (χ3v) is 11.0. The van der Waals surface area contributed by atoms with Gasteiger partial charge in [0.2, 0.25) is 0 Å². The summed E-state index contributed by atoms with van der Waals surface area (Å²) in [4.78, 5) is 35.4. The third-order valence-electron chi connectivity index (χ3n) is 9.98. The minimum atomic E-state index is -4.38. The van der Waals surface area contributed by atoms with E-state index >= 15 is 0 Å². The third kappa shape index (κ3) is 42.1. The van der Waals surface area contributed by atoms with Crippen molar-refractivity contribution in [3.8, 4) is 0 Å². The number of phosphoric ester groups is 1. The molecule has 9 nitrogen and oxygen atoms in total. The number of carbonyl (C=O) groups excluding carboxylic acids is 2. The largest absolute Gasteiger partial charge is 0.472 e. The topological polar surface area (TPSA) is 108 Å². The maximum absolute atomic E-state index is 12.7. The Morgan fingerprint density at radius 2 is 0.964 bits per heavy atom. The summed E-state index contributed by atoms with van der Waals surface area (Å²) in [7, 11) is 1.47. The summed E-state index contributed by atoms with van der Waals surface area (Å²) in [5.41, 5.74) is 0. The van der Waals surface area contributed by atoms with E-state index in [0.29, 0.717) is 23.9 Å². The fourth-order valence-electron chi connectivity index (χ4n) is 6.34. The van der Waals surface area contributed by atoms with Gasteiger partial charge in [0.1, 0.15) is 19.8 Å². The Balaban J connectivity index is 4.32. The fourth-order valence-corrected chi connectivity index (χ4v) is 7.08. The molecule has 0 radical (unpaired) electrons. The van der Waals surface area contributed by atoms with E-state index in [1.807, 2.05) is 21.1 Å². The number of esters is 2. The first-order valence-electron chi connectivity index (χ1n) is 23.1. The molecule has 0 bridgehead atoms. The zero-order valence-corrected chi connectivity index (χ0v) is 38.0. The van der Waals surface area contributed by atoms with Gasteiger partial charge in [-0.25, -0.2) is 4.57 Å². The van der Waals surface area contributed by atoms with Crippen molar-refractivity contribution in [3.63, 3.8) is 0 Å². The Morgan fingerprint density at radius 3 is 1.45 bits per heavy atom. The summed E-state index contributed by atoms with van der Waals surface area (Å²) in [6.45, 7) is 4.40. The van der Waals surface area contributed by atoms with Crippen molar-refractivity contribution < 1.29 is 42.1 Å². The standard InChI is InChI=1S/C46H88NO8P/c1-6-8-10-12-14-16-18-20-22-23-25-26-28-30-32-34-36-38-45(48)52-42-44(43-54-56(50,51)53-41-40-47(3,4)5)55-46(49)39-37-35-33-31-29-27-24-21-19-17-15-13-11-9-7-2/h15,17,21,24,44H,6-14,16,18-20,22-23,25-43H2,1-5H3/p+1/b17-15+,24-21+/t44-/m1/s1. The number of unbranched alkanes of at least 4 members (excludes halogenated alkanes) is 24. The number of hydrogen-bond donors (Lipinski definition) is 1. The monoisotopic (exact) mass is 815 g/mol. The normalized spacial score (nSPS) is 13.8. The molecular formula is C46H89NO8P+. The minimum absolute atomic E-state index is 0.0307. The molecule has 0 spiro atoms. The lowest BCUT2D eigenvalue weighted by Gasteiger charge is -2.24. The Kier molecular flexibility index (Phi) is 37.9. The molecule has 330 valence electrons. The number of ether oxygens (including phenoxy) is 2. The Bertz CT molecular complexity index is 1010. The van der Waals surface area contributed by atoms with Crippen LogP contribution in [0.4, 0.5) is 0 Å². The molecule has 0 amide bonds. The van der Waals surface area contributed by atoms with Gasteiger partial charge in [0.25, 0.3) is 0 Å². The lowest BCUT2D eigenvalue weighted by atomic mass is 10.0. The van der Waals surface area contributed by atoms with E-state index in [1.165, 1.54) is 116 Å². The van der Waals surface area contributed by atoms with E-state index in [0.717, 1.165) is 57.8 Å². The van der Waals surface area contributed by atoms with Crippen LogP contribution in [0.3, 0.4) is 0 Å². The summed E-state index contributed by atoms with van der Waals surface area (Å²) in [5.74, 6) is -0.806. The SMILES string of the molecule is CCCCC/C=C/C/C=C/CCCCCCCC(=O)O[C@H](COC(=O)CCCCCCCCCCCCCCCCCCC)COP(=O)(O)OCC[N+](C)(C)C. The van der Waals surface area contributed by atoms with Crippen molar-refractivity contribution in [1.82, 2.24) is 0 Å². The summed E-state index contributed by atoms with van der Waals surface area (Å²) in [5, 5.41) is 0. The minimum Gasteiger partial charge on any atom is -0.462 e. The zero-order chi connectivity index (χ0) is 41.4. The molecule has 0 saturated heterocycles. The number of nitrogens with zero attached hydrogens (tertiary/aromatic N) is 1. The van der Waals surface area contributed by atoms with Gasteiger partial charge in [0.05, 0.1) is 27.7 Å². The molecule has 0 fully saturated rings. The van der Waals surface area contributed by atoms with Crippen LogP contribution < -0.4 is 0 Å². The van der Waals surface area contributed by atoms with Crippen molar-refractivity contribution >= 4 is 19.8 Å². The molecule has 0 aromatic heterocycles. The maximum Gasteiger partial charge on any atom is 0.472 e. The van der Waals surface area contributed by atoms with Gasteiger partial charge < -0.3 is 18.9 Å². The summed E-state index contributed by atoms with van der Waals surface area (Å²) in [6, 6.07) is 0. The quantitative estimate of drug-likeness (QED) is 0.0213. The molecule has 0 aromatic carbocycles. The van der Waals surface area contributed by atoms with Gasteiger partial charge >= 0.3 is 19.8 Å². The highest BCUT2D eigenvalue weighted by atomic mass is 31.2. The molecule has 56 heavy (non-hydrogen) atoms. The van der Waals surface area contributed by atoms with Crippen LogP contribution >= 0.6 is 7.82 Å². The Morgan fingerprint density at radius 1 is 0.554 bits per heavy atom. The van der Waals surface area contributed by atoms with Gasteiger partial charge in [-0.3, -0.25) is 18.6 Å². The second-order valence-corrected chi connectivity index (χ2v) is 18.2. The predicted molar refractivity (Wildman–Crippen MR) is 234 cm³/mol. The van der Waals surface area contributed by atoms with E-state index in [1.54, 1.807) is 0 Å². The number of phosphoric acid groups is 1. The first-order chi connectivity index (χ1) is 27.0. The van der Waals surface area contributed by atoms with Crippen molar-refractivity contribution in [3.05, 3.63) is 24.3 Å². The van der Waals surface area contributed by atoms with Crippen LogP contribution in [0.2, 0.25) is 0 Å². The van der Waals surface area contributed by atoms with E-state index in [2.05, 4.69) is 38.2 Å². The van der Waals surface area contributed by atoms with Crippen LogP contribution in [0.1, 0.15) is 206 Å². The first kappa shape index (κ1) is 54.5. The lowest BCUT2D eigenvalue weighted by molar-refractivity contribution is -0.870. The van der Waals surface area contributed by atoms with Crippen LogP contribution in [0.25, 0.3) is 0 Å². The maximum atomic E-state index is 12.7. The van der Waals surface area contributed by atoms with Gasteiger partial charge in [-0.2, -0.15) is 0 Å². The molecule has 0 aromatic rings. The van der Waals surface area contributed by atoms with Crippen LogP contribution in [0.5, 0.6) is 0 Å². The van der Waals surface area contributed by atoms with Gasteiger partial charge in [0, 0.05) is 12.8 Å². The number of carbonyl (C=O) groups is 2. The molecule has 2 atom stereocenters. The predicted octanol–water partition coefficient (Wildman–Crippen LogP) is 13.1. The smallest absolute Gasteiger partial charge is 0.462 e. The van der Waals surface area contributed by atoms with Crippen LogP contribution in [-0.4, -0.2) is 74.9 Å². The van der Waals surface area contributed by atoms with E-state index in [9.17, 15) is 19.0 Å². The van der Waals surface area contributed by atoms with Crippen molar-refractivity contribution in [2.24, 2.45) is 0 Å². The molecule has 0 heterocycles. The van der Waals surface area contributed by atoms with E-state index in [4.69, 9.17) is 18.5 Å². The zero-order valence-electron chi connectivity index (χ0n) is 37.1. The van der Waals surface area contributed by atoms with Gasteiger partial charge in [0.15, 0.2) is 6.10 Å². The molecule has 0 aliphatic rings. The van der Waals surface area contributed by atoms with Crippen LogP contribution in [0, 0.1) is 0 Å². The van der Waals surface area contributed by atoms with Gasteiger partial charge in [-0.05, 0) is 44.9 Å². The van der Waals surface area contributed by atoms with E-state index < -0.39 is 26.5 Å². The highest BCUT2D eigenvalue weighted by molar-refractivity contribution is 7.47.